The van der Waals surface area contributed by atoms with E-state index < -0.39 is 0 Å². The number of hydrogen-bond acceptors (Lipinski definition) is 3. The van der Waals surface area contributed by atoms with Crippen LogP contribution < -0.4 is 0 Å². The Hall–Kier alpha value is -6.72. The Morgan fingerprint density at radius 2 is 1.06 bits per heavy atom. The van der Waals surface area contributed by atoms with Crippen LogP contribution in [-0.2, 0) is 0 Å². The van der Waals surface area contributed by atoms with Gasteiger partial charge in [0.1, 0.15) is 16.8 Å². The molecule has 5 heteroatoms. The summed E-state index contributed by atoms with van der Waals surface area (Å²) in [6.07, 6.45) is 0. The maximum Gasteiger partial charge on any atom is 0.236 e. The fraction of sp³-hybridized carbons (Fsp3) is 0. The number of para-hydroxylation sites is 4. The van der Waals surface area contributed by atoms with Gasteiger partial charge in [0.2, 0.25) is 5.95 Å². The minimum atomic E-state index is 0.618. The lowest BCUT2D eigenvalue weighted by Gasteiger charge is -2.12. The van der Waals surface area contributed by atoms with Gasteiger partial charge in [-0.15, -0.1) is 0 Å². The molecule has 7 aromatic carbocycles. The molecule has 0 spiro atoms. The molecular weight excluding hydrogens is 601 g/mol. The van der Waals surface area contributed by atoms with E-state index in [0.717, 1.165) is 38.8 Å². The highest BCUT2D eigenvalue weighted by atomic mass is 16.3. The second kappa shape index (κ2) is 9.00. The largest absolute Gasteiger partial charge is 0.452 e. The van der Waals surface area contributed by atoms with Crippen molar-refractivity contribution in [1.82, 2.24) is 18.9 Å². The number of furan rings is 1. The summed E-state index contributed by atoms with van der Waals surface area (Å²) in [6.45, 7) is 0. The molecule has 0 radical (unpaired) electrons. The van der Waals surface area contributed by atoms with Crippen molar-refractivity contribution in [2.45, 2.75) is 0 Å². The minimum absolute atomic E-state index is 0.618. The van der Waals surface area contributed by atoms with Crippen LogP contribution in [0, 0.1) is 0 Å². The molecule has 0 saturated carbocycles. The maximum atomic E-state index is 6.48. The van der Waals surface area contributed by atoms with Gasteiger partial charge in [-0.05, 0) is 29.7 Å². The van der Waals surface area contributed by atoms with Gasteiger partial charge in [-0.2, -0.15) is 0 Å². The van der Waals surface area contributed by atoms with E-state index in [-0.39, 0.29) is 0 Å². The van der Waals surface area contributed by atoms with Crippen LogP contribution in [0.4, 0.5) is 0 Å². The topological polar surface area (TPSA) is 48.3 Å². The Kier molecular flexibility index (Phi) is 4.66. The Bertz CT molecular complexity index is 3320. The summed E-state index contributed by atoms with van der Waals surface area (Å²) >= 11 is 0. The summed E-state index contributed by atoms with van der Waals surface area (Å²) < 4.78 is 11.3. The van der Waals surface area contributed by atoms with Crippen LogP contribution >= 0.6 is 0 Å². The molecule has 5 aromatic heterocycles. The van der Waals surface area contributed by atoms with Gasteiger partial charge in [-0.25, -0.2) is 9.97 Å². The summed E-state index contributed by atoms with van der Waals surface area (Å²) in [5.74, 6) is 0.618. The molecule has 0 aliphatic rings. The zero-order valence-corrected chi connectivity index (χ0v) is 26.1. The molecule has 12 aromatic rings. The molecule has 0 fully saturated rings. The predicted octanol–water partition coefficient (Wildman–Crippen LogP) is 11.4. The van der Waals surface area contributed by atoms with E-state index in [1.165, 1.54) is 59.6 Å². The molecule has 0 atom stereocenters. The lowest BCUT2D eigenvalue weighted by molar-refractivity contribution is 0.666. The van der Waals surface area contributed by atoms with Gasteiger partial charge in [0.25, 0.3) is 0 Å². The molecule has 0 aliphatic heterocycles. The third-order valence-electron chi connectivity index (χ3n) is 10.4. The molecule has 0 bridgehead atoms. The number of hydrogen-bond donors (Lipinski definition) is 0. The number of rotatable bonds is 2. The van der Waals surface area contributed by atoms with Crippen LogP contribution in [0.3, 0.4) is 0 Å². The third kappa shape index (κ3) is 3.10. The Morgan fingerprint density at radius 3 is 1.92 bits per heavy atom. The molecule has 49 heavy (non-hydrogen) atoms. The lowest BCUT2D eigenvalue weighted by atomic mass is 9.98. The highest BCUT2D eigenvalue weighted by molar-refractivity contribution is 6.39. The molecule has 5 nitrogen and oxygen atoms in total. The number of benzene rings is 7. The van der Waals surface area contributed by atoms with E-state index in [1.54, 1.807) is 0 Å². The minimum Gasteiger partial charge on any atom is -0.452 e. The van der Waals surface area contributed by atoms with Crippen LogP contribution in [0.25, 0.3) is 110 Å². The molecule has 0 unspecified atom stereocenters. The summed E-state index contributed by atoms with van der Waals surface area (Å²) in [6, 6.07) is 51.5. The van der Waals surface area contributed by atoms with Crippen LogP contribution in [0.5, 0.6) is 0 Å². The summed E-state index contributed by atoms with van der Waals surface area (Å²) in [5.41, 5.74) is 9.92. The fourth-order valence-corrected chi connectivity index (χ4v) is 8.52. The van der Waals surface area contributed by atoms with Gasteiger partial charge < -0.3 is 8.82 Å². The van der Waals surface area contributed by atoms with Gasteiger partial charge in [-0.3, -0.25) is 4.57 Å². The normalized spacial score (nSPS) is 12.5. The van der Waals surface area contributed by atoms with Crippen molar-refractivity contribution < 1.29 is 4.42 Å². The third-order valence-corrected chi connectivity index (χ3v) is 10.4. The lowest BCUT2D eigenvalue weighted by Crippen LogP contribution is -2.03. The Labute approximate surface area is 278 Å². The summed E-state index contributed by atoms with van der Waals surface area (Å²) in [4.78, 5) is 10.7. The quantitative estimate of drug-likeness (QED) is 0.192. The molecular formula is C44H24N4O. The van der Waals surface area contributed by atoms with Crippen molar-refractivity contribution in [2.24, 2.45) is 0 Å². The zero-order valence-electron chi connectivity index (χ0n) is 26.1. The first-order valence-corrected chi connectivity index (χ1v) is 16.6. The van der Waals surface area contributed by atoms with Gasteiger partial charge in [0.15, 0.2) is 5.58 Å². The van der Waals surface area contributed by atoms with Crippen molar-refractivity contribution in [3.8, 4) is 17.2 Å². The van der Waals surface area contributed by atoms with Crippen LogP contribution in [-0.4, -0.2) is 18.9 Å². The second-order valence-electron chi connectivity index (χ2n) is 12.9. The van der Waals surface area contributed by atoms with E-state index >= 15 is 0 Å². The van der Waals surface area contributed by atoms with Crippen molar-refractivity contribution >= 4 is 92.7 Å². The van der Waals surface area contributed by atoms with Crippen molar-refractivity contribution in [3.05, 3.63) is 146 Å². The monoisotopic (exact) mass is 624 g/mol. The van der Waals surface area contributed by atoms with E-state index in [0.29, 0.717) is 11.5 Å². The summed E-state index contributed by atoms with van der Waals surface area (Å²) in [7, 11) is 0. The average Bonchev–Trinajstić information content (AvgIpc) is 3.91. The molecule has 5 heterocycles. The van der Waals surface area contributed by atoms with E-state index in [1.807, 2.05) is 36.4 Å². The first-order chi connectivity index (χ1) is 24.3. The SMILES string of the molecule is c1ccc(-c2nc(-n3c4ccccc4c4c3c3ccccc3c3c5cccc6c7ccccc7n(c65)c34)nc3c2oc2ccccc23)cc1. The standard InChI is InChI=1S/C44H24N4O/c1-2-13-25(14-3-1)38-43-39(31-19-8-11-24-35(31)49-43)46-44(45-38)48-34-23-10-7-18-30(34)37-41(48)29-17-5-4-16-27(29)36-32-21-12-20-28-26-15-6-9-22-33(26)47(40(28)32)42(36)37/h1-24H. The van der Waals surface area contributed by atoms with Gasteiger partial charge in [-0.1, -0.05) is 121 Å². The fourth-order valence-electron chi connectivity index (χ4n) is 8.52. The Balaban J connectivity index is 1.36. The molecule has 226 valence electrons. The van der Waals surface area contributed by atoms with E-state index in [2.05, 4.69) is 118 Å². The highest BCUT2D eigenvalue weighted by Crippen LogP contribution is 2.48. The highest BCUT2D eigenvalue weighted by Gasteiger charge is 2.27. The number of fused-ring (bicyclic) bond motifs is 16. The average molecular weight is 625 g/mol. The predicted molar refractivity (Wildman–Crippen MR) is 201 cm³/mol. The van der Waals surface area contributed by atoms with Gasteiger partial charge >= 0.3 is 0 Å². The van der Waals surface area contributed by atoms with Crippen LogP contribution in [0.15, 0.2) is 150 Å². The maximum absolute atomic E-state index is 6.48. The first-order valence-electron chi connectivity index (χ1n) is 16.6. The van der Waals surface area contributed by atoms with Crippen LogP contribution in [0.1, 0.15) is 0 Å². The smallest absolute Gasteiger partial charge is 0.236 e. The van der Waals surface area contributed by atoms with Crippen molar-refractivity contribution in [1.29, 1.82) is 0 Å². The molecule has 12 rings (SSSR count). The van der Waals surface area contributed by atoms with E-state index in [9.17, 15) is 0 Å². The van der Waals surface area contributed by atoms with Crippen molar-refractivity contribution in [2.75, 3.05) is 0 Å². The molecule has 0 amide bonds. The number of aromatic nitrogens is 4. The van der Waals surface area contributed by atoms with Gasteiger partial charge in [0, 0.05) is 48.7 Å². The second-order valence-corrected chi connectivity index (χ2v) is 12.9. The summed E-state index contributed by atoms with van der Waals surface area (Å²) in [5, 5.41) is 10.8. The van der Waals surface area contributed by atoms with Crippen molar-refractivity contribution in [3.63, 3.8) is 0 Å². The van der Waals surface area contributed by atoms with Gasteiger partial charge in [0.05, 0.1) is 27.6 Å². The molecule has 0 aliphatic carbocycles. The van der Waals surface area contributed by atoms with Crippen LogP contribution in [0.2, 0.25) is 0 Å². The Morgan fingerprint density at radius 1 is 0.429 bits per heavy atom. The number of nitrogens with zero attached hydrogens (tertiary/aromatic N) is 4. The first kappa shape index (κ1) is 25.4. The molecule has 0 saturated heterocycles. The zero-order chi connectivity index (χ0) is 31.8. The molecule has 0 N–H and O–H groups in total. The van der Waals surface area contributed by atoms with E-state index in [4.69, 9.17) is 14.4 Å².